The van der Waals surface area contributed by atoms with Crippen LogP contribution in [0.4, 0.5) is 23.7 Å². The number of carbonyl (C=O) groups excluding carboxylic acids is 3. The molecule has 0 bridgehead atoms. The summed E-state index contributed by atoms with van der Waals surface area (Å²) in [6.45, 7) is 3.27. The number of urea groups is 1. The van der Waals surface area contributed by atoms with Crippen LogP contribution in [0.2, 0.25) is 0 Å². The van der Waals surface area contributed by atoms with Crippen LogP contribution in [0.15, 0.2) is 42.5 Å². The zero-order valence-electron chi connectivity index (χ0n) is 19.7. The molecule has 3 heterocycles. The minimum atomic E-state index is -4.57. The van der Waals surface area contributed by atoms with Crippen molar-refractivity contribution in [1.82, 2.24) is 4.90 Å². The predicted molar refractivity (Wildman–Crippen MR) is 119 cm³/mol. The largest absolute Gasteiger partial charge is 0.497 e. The van der Waals surface area contributed by atoms with Crippen LogP contribution in [0.1, 0.15) is 31.0 Å². The van der Waals surface area contributed by atoms with Crippen LogP contribution in [-0.2, 0) is 20.5 Å². The van der Waals surface area contributed by atoms with Gasteiger partial charge in [-0.25, -0.2) is 9.69 Å². The van der Waals surface area contributed by atoms with Crippen molar-refractivity contribution in [2.24, 2.45) is 11.8 Å². The van der Waals surface area contributed by atoms with E-state index in [0.717, 1.165) is 29.2 Å². The van der Waals surface area contributed by atoms with E-state index in [0.29, 0.717) is 17.1 Å². The number of fused-ring (bicyclic) bond motifs is 5. The number of amides is 3. The van der Waals surface area contributed by atoms with Crippen molar-refractivity contribution in [2.45, 2.75) is 31.6 Å². The van der Waals surface area contributed by atoms with Gasteiger partial charge in [0.25, 0.3) is 5.91 Å². The molecule has 0 aliphatic carbocycles. The number of hydrogen-bond acceptors (Lipinski definition) is 6. The van der Waals surface area contributed by atoms with E-state index in [9.17, 15) is 27.6 Å². The molecule has 11 heteroatoms. The Kier molecular flexibility index (Phi) is 5.42. The van der Waals surface area contributed by atoms with Crippen molar-refractivity contribution >= 4 is 23.6 Å². The Morgan fingerprint density at radius 3 is 2.47 bits per heavy atom. The Balaban J connectivity index is 1.63. The topological polar surface area (TPSA) is 85.4 Å². The third-order valence-corrected chi connectivity index (χ3v) is 7.22. The lowest BCUT2D eigenvalue weighted by molar-refractivity contribution is -0.154. The molecule has 0 aromatic heterocycles. The number of esters is 1. The summed E-state index contributed by atoms with van der Waals surface area (Å²) in [5.41, 5.74) is -1.96. The van der Waals surface area contributed by atoms with Crippen LogP contribution in [0.25, 0.3) is 0 Å². The van der Waals surface area contributed by atoms with Crippen LogP contribution in [-0.4, -0.2) is 48.7 Å². The Bertz CT molecular complexity index is 1250. The standard InChI is InChI=1S/C25H23F3N2O6/c1-4-35-21(31)19-17-12-36-18-11-15(34-3)9-10-16(18)20(17)30-23(33)29(22(32)24(19,30)2)14-7-5-13(6-8-14)25(26,27)28/h5-11,17,19-20H,4,12H2,1-3H3/t17-,19+,20+,24-/m1/s1. The van der Waals surface area contributed by atoms with E-state index in [1.165, 1.54) is 18.9 Å². The highest BCUT2D eigenvalue weighted by molar-refractivity contribution is 6.24. The summed E-state index contributed by atoms with van der Waals surface area (Å²) in [6.07, 6.45) is -4.57. The van der Waals surface area contributed by atoms with Crippen molar-refractivity contribution in [3.63, 3.8) is 0 Å². The summed E-state index contributed by atoms with van der Waals surface area (Å²) in [7, 11) is 1.50. The van der Waals surface area contributed by atoms with E-state index in [1.807, 2.05) is 0 Å². The normalized spacial score (nSPS) is 26.8. The second-order valence-electron chi connectivity index (χ2n) is 9.04. The van der Waals surface area contributed by atoms with Crippen molar-refractivity contribution in [3.8, 4) is 11.5 Å². The van der Waals surface area contributed by atoms with Crippen LogP contribution in [0.3, 0.4) is 0 Å². The first kappa shape index (κ1) is 24.0. The maximum absolute atomic E-state index is 13.8. The molecule has 0 saturated carbocycles. The molecular weight excluding hydrogens is 481 g/mol. The number of benzene rings is 2. The average molecular weight is 504 g/mol. The van der Waals surface area contributed by atoms with Gasteiger partial charge in [0.2, 0.25) is 0 Å². The Labute approximate surface area is 204 Å². The number of alkyl halides is 3. The monoisotopic (exact) mass is 504 g/mol. The number of ether oxygens (including phenoxy) is 3. The van der Waals surface area contributed by atoms with Crippen molar-refractivity contribution in [2.75, 3.05) is 25.2 Å². The lowest BCUT2D eigenvalue weighted by atomic mass is 9.77. The summed E-state index contributed by atoms with van der Waals surface area (Å²) in [4.78, 5) is 43.0. The molecule has 0 radical (unpaired) electrons. The first-order valence-electron chi connectivity index (χ1n) is 11.4. The van der Waals surface area contributed by atoms with Gasteiger partial charge < -0.3 is 19.1 Å². The summed E-state index contributed by atoms with van der Waals surface area (Å²) in [5, 5.41) is 0. The van der Waals surface area contributed by atoms with Crippen molar-refractivity contribution < 1.29 is 41.8 Å². The minimum Gasteiger partial charge on any atom is -0.497 e. The molecule has 2 aromatic carbocycles. The van der Waals surface area contributed by atoms with Gasteiger partial charge in [-0.15, -0.1) is 0 Å². The molecule has 36 heavy (non-hydrogen) atoms. The molecule has 3 aliphatic heterocycles. The lowest BCUT2D eigenvalue weighted by Gasteiger charge is -2.34. The Hall–Kier alpha value is -3.76. The fourth-order valence-electron chi connectivity index (χ4n) is 5.62. The highest BCUT2D eigenvalue weighted by Crippen LogP contribution is 2.58. The smallest absolute Gasteiger partial charge is 0.416 e. The minimum absolute atomic E-state index is 0.0187. The molecule has 2 fully saturated rings. The molecule has 0 N–H and O–H groups in total. The van der Waals surface area contributed by atoms with Gasteiger partial charge in [-0.2, -0.15) is 13.2 Å². The van der Waals surface area contributed by atoms with E-state index >= 15 is 0 Å². The van der Waals surface area contributed by atoms with E-state index in [4.69, 9.17) is 14.2 Å². The van der Waals surface area contributed by atoms with Gasteiger partial charge in [-0.3, -0.25) is 9.59 Å². The Morgan fingerprint density at radius 1 is 1.17 bits per heavy atom. The number of anilines is 1. The van der Waals surface area contributed by atoms with Gasteiger partial charge in [-0.1, -0.05) is 0 Å². The van der Waals surface area contributed by atoms with Gasteiger partial charge in [0, 0.05) is 17.5 Å². The molecule has 4 atom stereocenters. The third-order valence-electron chi connectivity index (χ3n) is 7.22. The van der Waals surface area contributed by atoms with Gasteiger partial charge in [0.1, 0.15) is 17.0 Å². The number of methoxy groups -OCH3 is 1. The van der Waals surface area contributed by atoms with Crippen LogP contribution >= 0.6 is 0 Å². The fourth-order valence-corrected chi connectivity index (χ4v) is 5.62. The van der Waals surface area contributed by atoms with Crippen LogP contribution in [0, 0.1) is 11.8 Å². The fraction of sp³-hybridized carbons (Fsp3) is 0.400. The number of halogens is 3. The summed E-state index contributed by atoms with van der Waals surface area (Å²) in [6, 6.07) is 7.41. The van der Waals surface area contributed by atoms with Gasteiger partial charge in [-0.05, 0) is 50.2 Å². The van der Waals surface area contributed by atoms with Gasteiger partial charge >= 0.3 is 18.2 Å². The first-order chi connectivity index (χ1) is 17.0. The molecule has 190 valence electrons. The van der Waals surface area contributed by atoms with E-state index < -0.39 is 53.1 Å². The van der Waals surface area contributed by atoms with E-state index in [1.54, 1.807) is 25.1 Å². The lowest BCUT2D eigenvalue weighted by Crippen LogP contribution is -2.51. The first-order valence-corrected chi connectivity index (χ1v) is 11.4. The number of nitrogens with zero attached hydrogens (tertiary/aromatic N) is 2. The van der Waals surface area contributed by atoms with Crippen LogP contribution < -0.4 is 14.4 Å². The second-order valence-corrected chi connectivity index (χ2v) is 9.04. The van der Waals surface area contributed by atoms with E-state index in [-0.39, 0.29) is 18.9 Å². The number of hydrogen-bond donors (Lipinski definition) is 0. The van der Waals surface area contributed by atoms with Crippen molar-refractivity contribution in [3.05, 3.63) is 53.6 Å². The summed E-state index contributed by atoms with van der Waals surface area (Å²) in [5.74, 6) is -1.99. The second kappa shape index (κ2) is 8.14. The summed E-state index contributed by atoms with van der Waals surface area (Å²) < 4.78 is 55.7. The molecule has 0 unspecified atom stereocenters. The highest BCUT2D eigenvalue weighted by Gasteiger charge is 2.72. The zero-order valence-corrected chi connectivity index (χ0v) is 19.7. The molecule has 5 rings (SSSR count). The molecule has 3 aliphatic rings. The summed E-state index contributed by atoms with van der Waals surface area (Å²) >= 11 is 0. The average Bonchev–Trinajstić information content (AvgIpc) is 3.23. The number of rotatable bonds is 4. The molecular formula is C25H23F3N2O6. The van der Waals surface area contributed by atoms with Gasteiger partial charge in [0.15, 0.2) is 0 Å². The number of carbonyl (C=O) groups is 3. The SMILES string of the molecule is CCOC(=O)[C@@H]1[C@H]2COc3cc(OC)ccc3[C@@H]2N2C(=O)N(c3ccc(C(F)(F)F)cc3)C(=O)[C@@]12C. The van der Waals surface area contributed by atoms with Crippen LogP contribution in [0.5, 0.6) is 11.5 Å². The molecule has 2 aromatic rings. The van der Waals surface area contributed by atoms with Gasteiger partial charge in [0.05, 0.1) is 43.5 Å². The molecule has 2 saturated heterocycles. The predicted octanol–water partition coefficient (Wildman–Crippen LogP) is 4.18. The molecule has 8 nitrogen and oxygen atoms in total. The third kappa shape index (κ3) is 3.25. The van der Waals surface area contributed by atoms with Crippen molar-refractivity contribution in [1.29, 1.82) is 0 Å². The van der Waals surface area contributed by atoms with E-state index in [2.05, 4.69) is 0 Å². The maximum atomic E-state index is 13.8. The molecule has 3 amide bonds. The zero-order chi connectivity index (χ0) is 26.0. The number of imide groups is 1. The highest BCUT2D eigenvalue weighted by atomic mass is 19.4. The quantitative estimate of drug-likeness (QED) is 0.459. The maximum Gasteiger partial charge on any atom is 0.416 e. The Morgan fingerprint density at radius 2 is 1.86 bits per heavy atom. The molecule has 0 spiro atoms.